The van der Waals surface area contributed by atoms with E-state index in [4.69, 9.17) is 0 Å². The molecular formula is C16H22BrFO. The van der Waals surface area contributed by atoms with Crippen LogP contribution < -0.4 is 0 Å². The highest BCUT2D eigenvalue weighted by molar-refractivity contribution is 9.10. The van der Waals surface area contributed by atoms with Crippen molar-refractivity contribution in [3.63, 3.8) is 0 Å². The van der Waals surface area contributed by atoms with Crippen molar-refractivity contribution in [1.29, 1.82) is 0 Å². The van der Waals surface area contributed by atoms with Crippen molar-refractivity contribution in [3.05, 3.63) is 34.1 Å². The van der Waals surface area contributed by atoms with Gasteiger partial charge in [0.15, 0.2) is 0 Å². The molecule has 1 nitrogen and oxygen atoms in total. The van der Waals surface area contributed by atoms with Crippen molar-refractivity contribution < 1.29 is 9.50 Å². The first-order chi connectivity index (χ1) is 8.74. The van der Waals surface area contributed by atoms with Gasteiger partial charge in [-0.1, -0.05) is 32.9 Å². The second kappa shape index (κ2) is 5.17. The Morgan fingerprint density at radius 1 is 1.26 bits per heavy atom. The van der Waals surface area contributed by atoms with Gasteiger partial charge < -0.3 is 5.11 Å². The lowest BCUT2D eigenvalue weighted by Crippen LogP contribution is -2.36. The SMILES string of the molecule is CC(C)(C)C1CCC(O)(c2cccc(Br)c2F)CC1. The number of rotatable bonds is 1. The smallest absolute Gasteiger partial charge is 0.143 e. The third-order valence-electron chi connectivity index (χ3n) is 4.49. The summed E-state index contributed by atoms with van der Waals surface area (Å²) in [7, 11) is 0. The summed E-state index contributed by atoms with van der Waals surface area (Å²) in [5, 5.41) is 10.8. The topological polar surface area (TPSA) is 20.2 Å². The van der Waals surface area contributed by atoms with Gasteiger partial charge in [-0.15, -0.1) is 0 Å². The van der Waals surface area contributed by atoms with Crippen LogP contribution in [-0.4, -0.2) is 5.11 Å². The third kappa shape index (κ3) is 3.03. The molecule has 1 aliphatic rings. The van der Waals surface area contributed by atoms with Gasteiger partial charge in [0.2, 0.25) is 0 Å². The largest absolute Gasteiger partial charge is 0.385 e. The predicted molar refractivity (Wildman–Crippen MR) is 79.4 cm³/mol. The Kier molecular flexibility index (Phi) is 4.08. The average molecular weight is 329 g/mol. The van der Waals surface area contributed by atoms with Crippen LogP contribution in [-0.2, 0) is 5.60 Å². The molecule has 3 heteroatoms. The van der Waals surface area contributed by atoms with Gasteiger partial charge in [0.05, 0.1) is 10.1 Å². The van der Waals surface area contributed by atoms with Crippen molar-refractivity contribution in [3.8, 4) is 0 Å². The molecule has 0 aliphatic heterocycles. The minimum Gasteiger partial charge on any atom is -0.385 e. The number of hydrogen-bond donors (Lipinski definition) is 1. The van der Waals surface area contributed by atoms with Crippen LogP contribution in [0.5, 0.6) is 0 Å². The molecule has 0 atom stereocenters. The maximum atomic E-state index is 14.2. The van der Waals surface area contributed by atoms with Crippen LogP contribution in [0.3, 0.4) is 0 Å². The second-order valence-electron chi connectivity index (χ2n) is 6.77. The van der Waals surface area contributed by atoms with Gasteiger partial charge in [0.1, 0.15) is 5.82 Å². The van der Waals surface area contributed by atoms with Gasteiger partial charge in [0.25, 0.3) is 0 Å². The van der Waals surface area contributed by atoms with E-state index in [2.05, 4.69) is 36.7 Å². The summed E-state index contributed by atoms with van der Waals surface area (Å²) in [4.78, 5) is 0. The predicted octanol–water partition coefficient (Wildman–Crippen LogP) is 5.01. The average Bonchev–Trinajstić information content (AvgIpc) is 2.32. The third-order valence-corrected chi connectivity index (χ3v) is 5.10. The highest BCUT2D eigenvalue weighted by Crippen LogP contribution is 2.46. The van der Waals surface area contributed by atoms with E-state index >= 15 is 0 Å². The lowest BCUT2D eigenvalue weighted by Gasteiger charge is -2.41. The van der Waals surface area contributed by atoms with Crippen molar-refractivity contribution in [2.45, 2.75) is 52.1 Å². The van der Waals surface area contributed by atoms with Crippen LogP contribution in [0.4, 0.5) is 4.39 Å². The molecule has 0 radical (unpaired) electrons. The van der Waals surface area contributed by atoms with Crippen molar-refractivity contribution in [2.24, 2.45) is 11.3 Å². The zero-order valence-corrected chi connectivity index (χ0v) is 13.4. The van der Waals surface area contributed by atoms with Crippen molar-refractivity contribution >= 4 is 15.9 Å². The maximum Gasteiger partial charge on any atom is 0.143 e. The normalized spacial score (nSPS) is 28.4. The molecule has 1 saturated carbocycles. The Morgan fingerprint density at radius 2 is 1.84 bits per heavy atom. The molecule has 1 aromatic rings. The molecule has 1 aliphatic carbocycles. The summed E-state index contributed by atoms with van der Waals surface area (Å²) in [5.74, 6) is 0.280. The molecule has 0 saturated heterocycles. The molecule has 19 heavy (non-hydrogen) atoms. The maximum absolute atomic E-state index is 14.2. The van der Waals surface area contributed by atoms with Crippen LogP contribution >= 0.6 is 15.9 Å². The quantitative estimate of drug-likeness (QED) is 0.768. The molecular weight excluding hydrogens is 307 g/mol. The summed E-state index contributed by atoms with van der Waals surface area (Å²) < 4.78 is 14.6. The van der Waals surface area contributed by atoms with E-state index in [0.717, 1.165) is 12.8 Å². The molecule has 0 bridgehead atoms. The van der Waals surface area contributed by atoms with Crippen LogP contribution in [0.15, 0.2) is 22.7 Å². The first-order valence-corrected chi connectivity index (χ1v) is 7.70. The Balaban J connectivity index is 2.21. The summed E-state index contributed by atoms with van der Waals surface area (Å²) >= 11 is 3.19. The minimum absolute atomic E-state index is 0.261. The van der Waals surface area contributed by atoms with E-state index in [9.17, 15) is 9.50 Å². The molecule has 0 aromatic heterocycles. The minimum atomic E-state index is -1.00. The molecule has 106 valence electrons. The Labute approximate surface area is 123 Å². The number of aliphatic hydroxyl groups is 1. The van der Waals surface area contributed by atoms with Crippen molar-refractivity contribution in [1.82, 2.24) is 0 Å². The lowest BCUT2D eigenvalue weighted by atomic mass is 9.67. The first kappa shape index (κ1) is 15.0. The molecule has 0 amide bonds. The molecule has 0 spiro atoms. The van der Waals surface area contributed by atoms with Gasteiger partial charge in [-0.25, -0.2) is 4.39 Å². The molecule has 1 fully saturated rings. The molecule has 1 aromatic carbocycles. The number of benzene rings is 1. The fourth-order valence-electron chi connectivity index (χ4n) is 3.09. The van der Waals surface area contributed by atoms with E-state index in [1.54, 1.807) is 18.2 Å². The van der Waals surface area contributed by atoms with E-state index in [1.807, 2.05) is 0 Å². The Morgan fingerprint density at radius 3 is 2.37 bits per heavy atom. The van der Waals surface area contributed by atoms with Crippen molar-refractivity contribution in [2.75, 3.05) is 0 Å². The summed E-state index contributed by atoms with van der Waals surface area (Å²) in [6.45, 7) is 6.71. The molecule has 1 N–H and O–H groups in total. The van der Waals surface area contributed by atoms with Crippen LogP contribution in [0.1, 0.15) is 52.0 Å². The monoisotopic (exact) mass is 328 g/mol. The molecule has 0 unspecified atom stereocenters. The van der Waals surface area contributed by atoms with Crippen LogP contribution in [0, 0.1) is 17.2 Å². The fraction of sp³-hybridized carbons (Fsp3) is 0.625. The van der Waals surface area contributed by atoms with E-state index < -0.39 is 5.60 Å². The second-order valence-corrected chi connectivity index (χ2v) is 7.63. The summed E-state index contributed by atoms with van der Waals surface area (Å²) in [5.41, 5.74) is -0.304. The Hall–Kier alpha value is -0.410. The first-order valence-electron chi connectivity index (χ1n) is 6.91. The highest BCUT2D eigenvalue weighted by atomic mass is 79.9. The summed E-state index contributed by atoms with van der Waals surface area (Å²) in [6, 6.07) is 5.16. The van der Waals surface area contributed by atoms with E-state index in [0.29, 0.717) is 28.8 Å². The highest BCUT2D eigenvalue weighted by Gasteiger charge is 2.40. The van der Waals surface area contributed by atoms with Crippen LogP contribution in [0.2, 0.25) is 0 Å². The van der Waals surface area contributed by atoms with Gasteiger partial charge in [0, 0.05) is 5.56 Å². The number of hydrogen-bond acceptors (Lipinski definition) is 1. The van der Waals surface area contributed by atoms with Gasteiger partial charge in [-0.05, 0) is 59.0 Å². The number of halogens is 2. The van der Waals surface area contributed by atoms with Gasteiger partial charge in [-0.3, -0.25) is 0 Å². The van der Waals surface area contributed by atoms with Gasteiger partial charge in [-0.2, -0.15) is 0 Å². The fourth-order valence-corrected chi connectivity index (χ4v) is 3.46. The van der Waals surface area contributed by atoms with E-state index in [1.165, 1.54) is 0 Å². The summed E-state index contributed by atoms with van der Waals surface area (Å²) in [6.07, 6.45) is 3.18. The standard InChI is InChI=1S/C16H22BrFO/c1-15(2,3)11-7-9-16(19,10-8-11)12-5-4-6-13(17)14(12)18/h4-6,11,19H,7-10H2,1-3H3. The zero-order valence-electron chi connectivity index (χ0n) is 11.8. The molecule has 2 rings (SSSR count). The molecule has 0 heterocycles. The lowest BCUT2D eigenvalue weighted by molar-refractivity contribution is -0.0323. The van der Waals surface area contributed by atoms with Crippen LogP contribution in [0.25, 0.3) is 0 Å². The zero-order chi connectivity index (χ0) is 14.3. The van der Waals surface area contributed by atoms with Gasteiger partial charge >= 0.3 is 0 Å². The Bertz CT molecular complexity index is 456. The van der Waals surface area contributed by atoms with E-state index in [-0.39, 0.29) is 11.2 Å².